The van der Waals surface area contributed by atoms with Gasteiger partial charge in [-0.3, -0.25) is 4.79 Å². The van der Waals surface area contributed by atoms with Crippen LogP contribution in [-0.2, 0) is 14.6 Å². The average Bonchev–Trinajstić information content (AvgIpc) is 3.08. The fourth-order valence-electron chi connectivity index (χ4n) is 2.00. The molecule has 4 nitrogen and oxygen atoms in total. The van der Waals surface area contributed by atoms with Gasteiger partial charge in [-0.05, 0) is 12.0 Å². The van der Waals surface area contributed by atoms with Gasteiger partial charge in [0, 0.05) is 5.92 Å². The second kappa shape index (κ2) is 4.49. The summed E-state index contributed by atoms with van der Waals surface area (Å²) >= 11 is 0. The van der Waals surface area contributed by atoms with Crippen LogP contribution >= 0.6 is 0 Å². The zero-order valence-corrected chi connectivity index (χ0v) is 10.1. The number of aliphatic carboxylic acids is 1. The summed E-state index contributed by atoms with van der Waals surface area (Å²) in [5.41, 5.74) is 1.02. The fourth-order valence-corrected chi connectivity index (χ4v) is 3.92. The smallest absolute Gasteiger partial charge is 0.304 e. The Morgan fingerprint density at radius 2 is 1.94 bits per heavy atom. The Hall–Kier alpha value is -1.36. The number of carboxylic acid groups (broad SMARTS) is 1. The number of benzene rings is 1. The van der Waals surface area contributed by atoms with Crippen LogP contribution in [0.15, 0.2) is 30.3 Å². The van der Waals surface area contributed by atoms with Gasteiger partial charge in [0.2, 0.25) is 0 Å². The normalized spacial score (nSPS) is 23.3. The Bertz CT molecular complexity index is 507. The van der Waals surface area contributed by atoms with Crippen LogP contribution in [0, 0.1) is 0 Å². The number of rotatable bonds is 5. The van der Waals surface area contributed by atoms with Crippen LogP contribution < -0.4 is 0 Å². The lowest BCUT2D eigenvalue weighted by Crippen LogP contribution is -2.16. The first-order valence-corrected chi connectivity index (χ1v) is 7.20. The molecule has 0 radical (unpaired) electrons. The zero-order valence-electron chi connectivity index (χ0n) is 9.24. The molecule has 0 heterocycles. The van der Waals surface area contributed by atoms with Crippen LogP contribution in [0.1, 0.15) is 24.3 Å². The van der Waals surface area contributed by atoms with E-state index >= 15 is 0 Å². The van der Waals surface area contributed by atoms with Gasteiger partial charge in [0.15, 0.2) is 9.84 Å². The lowest BCUT2D eigenvalue weighted by molar-refractivity contribution is -0.136. The largest absolute Gasteiger partial charge is 0.481 e. The highest BCUT2D eigenvalue weighted by atomic mass is 32.2. The number of sulfone groups is 1. The van der Waals surface area contributed by atoms with E-state index in [4.69, 9.17) is 5.11 Å². The maximum Gasteiger partial charge on any atom is 0.304 e. The van der Waals surface area contributed by atoms with Crippen molar-refractivity contribution < 1.29 is 18.3 Å². The second-order valence-corrected chi connectivity index (χ2v) is 6.64. The second-order valence-electron chi connectivity index (χ2n) is 4.30. The van der Waals surface area contributed by atoms with Crippen molar-refractivity contribution in [1.29, 1.82) is 0 Å². The molecule has 0 bridgehead atoms. The van der Waals surface area contributed by atoms with E-state index in [1.54, 1.807) is 0 Å². The zero-order chi connectivity index (χ0) is 12.5. The summed E-state index contributed by atoms with van der Waals surface area (Å²) in [6, 6.07) is 9.48. The molecule has 0 aliphatic heterocycles. The van der Waals surface area contributed by atoms with Gasteiger partial charge in [0.25, 0.3) is 0 Å². The molecule has 1 aromatic carbocycles. The van der Waals surface area contributed by atoms with Crippen molar-refractivity contribution in [3.63, 3.8) is 0 Å². The Kier molecular flexibility index (Phi) is 3.19. The molecule has 17 heavy (non-hydrogen) atoms. The summed E-state index contributed by atoms with van der Waals surface area (Å²) in [4.78, 5) is 10.4. The van der Waals surface area contributed by atoms with Gasteiger partial charge >= 0.3 is 5.97 Å². The van der Waals surface area contributed by atoms with Crippen LogP contribution in [0.3, 0.4) is 0 Å². The lowest BCUT2D eigenvalue weighted by Gasteiger charge is -2.02. The fraction of sp³-hybridized carbons (Fsp3) is 0.417. The lowest BCUT2D eigenvalue weighted by atomic mass is 10.1. The number of hydrogen-bond donors (Lipinski definition) is 1. The molecule has 2 rings (SSSR count). The van der Waals surface area contributed by atoms with Gasteiger partial charge in [0.1, 0.15) is 0 Å². The van der Waals surface area contributed by atoms with Crippen LogP contribution in [0.4, 0.5) is 0 Å². The molecule has 5 heteroatoms. The standard InChI is InChI=1S/C12H14O4S/c13-12(14)6-7-17(15,16)11-8-10(11)9-4-2-1-3-5-9/h1-5,10-11H,6-8H2,(H,13,14). The summed E-state index contributed by atoms with van der Waals surface area (Å²) < 4.78 is 23.6. The SMILES string of the molecule is O=C(O)CCS(=O)(=O)C1CC1c1ccccc1. The molecule has 0 amide bonds. The molecular formula is C12H14O4S. The van der Waals surface area contributed by atoms with E-state index in [1.807, 2.05) is 30.3 Å². The summed E-state index contributed by atoms with van der Waals surface area (Å²) in [6.45, 7) is 0. The van der Waals surface area contributed by atoms with E-state index in [0.717, 1.165) is 5.56 Å². The molecule has 1 N–H and O–H groups in total. The molecular weight excluding hydrogens is 240 g/mol. The minimum Gasteiger partial charge on any atom is -0.481 e. The van der Waals surface area contributed by atoms with Crippen LogP contribution in [-0.4, -0.2) is 30.5 Å². The molecule has 1 aromatic rings. The minimum absolute atomic E-state index is 0.0509. The van der Waals surface area contributed by atoms with Gasteiger partial charge in [-0.25, -0.2) is 8.42 Å². The molecule has 0 spiro atoms. The molecule has 1 aliphatic rings. The first kappa shape index (κ1) is 12.1. The van der Waals surface area contributed by atoms with Crippen LogP contribution in [0.25, 0.3) is 0 Å². The first-order valence-electron chi connectivity index (χ1n) is 5.49. The maximum atomic E-state index is 11.8. The van der Waals surface area contributed by atoms with Gasteiger partial charge in [-0.15, -0.1) is 0 Å². The number of carboxylic acids is 1. The Morgan fingerprint density at radius 3 is 2.53 bits per heavy atom. The highest BCUT2D eigenvalue weighted by Gasteiger charge is 2.47. The van der Waals surface area contributed by atoms with E-state index in [0.29, 0.717) is 6.42 Å². The summed E-state index contributed by atoms with van der Waals surface area (Å²) in [6.07, 6.45) is 0.312. The quantitative estimate of drug-likeness (QED) is 0.862. The van der Waals surface area contributed by atoms with Crippen molar-refractivity contribution in [2.45, 2.75) is 24.0 Å². The summed E-state index contributed by atoms with van der Waals surface area (Å²) in [5, 5.41) is 8.11. The first-order chi connectivity index (χ1) is 8.00. The summed E-state index contributed by atoms with van der Waals surface area (Å²) in [5.74, 6) is -1.27. The predicted octanol–water partition coefficient (Wildman–Crippen LogP) is 1.43. The van der Waals surface area contributed by atoms with Gasteiger partial charge in [0.05, 0.1) is 17.4 Å². The molecule has 1 saturated carbocycles. The highest BCUT2D eigenvalue weighted by Crippen LogP contribution is 2.46. The molecule has 92 valence electrons. The molecule has 0 aromatic heterocycles. The van der Waals surface area contributed by atoms with E-state index < -0.39 is 15.8 Å². The number of hydrogen-bond acceptors (Lipinski definition) is 3. The highest BCUT2D eigenvalue weighted by molar-refractivity contribution is 7.92. The van der Waals surface area contributed by atoms with Crippen LogP contribution in [0.5, 0.6) is 0 Å². The average molecular weight is 254 g/mol. The molecule has 2 unspecified atom stereocenters. The van der Waals surface area contributed by atoms with Crippen molar-refractivity contribution in [3.05, 3.63) is 35.9 Å². The predicted molar refractivity (Wildman–Crippen MR) is 63.6 cm³/mol. The van der Waals surface area contributed by atoms with E-state index in [-0.39, 0.29) is 23.3 Å². The molecule has 1 fully saturated rings. The third kappa shape index (κ3) is 2.85. The molecule has 2 atom stereocenters. The Balaban J connectivity index is 2.01. The Morgan fingerprint density at radius 1 is 1.29 bits per heavy atom. The Labute approximate surface area is 100 Å². The maximum absolute atomic E-state index is 11.8. The third-order valence-electron chi connectivity index (χ3n) is 3.02. The molecule has 0 saturated heterocycles. The molecule has 1 aliphatic carbocycles. The van der Waals surface area contributed by atoms with Gasteiger partial charge < -0.3 is 5.11 Å². The van der Waals surface area contributed by atoms with E-state index in [9.17, 15) is 13.2 Å². The topological polar surface area (TPSA) is 71.4 Å². The van der Waals surface area contributed by atoms with Crippen molar-refractivity contribution in [2.24, 2.45) is 0 Å². The van der Waals surface area contributed by atoms with Crippen molar-refractivity contribution >= 4 is 15.8 Å². The van der Waals surface area contributed by atoms with E-state index in [2.05, 4.69) is 0 Å². The van der Waals surface area contributed by atoms with Gasteiger partial charge in [-0.2, -0.15) is 0 Å². The minimum atomic E-state index is -3.26. The monoisotopic (exact) mass is 254 g/mol. The summed E-state index contributed by atoms with van der Waals surface area (Å²) in [7, 11) is -3.26. The van der Waals surface area contributed by atoms with Crippen LogP contribution in [0.2, 0.25) is 0 Å². The van der Waals surface area contributed by atoms with Gasteiger partial charge in [-0.1, -0.05) is 30.3 Å². The van der Waals surface area contributed by atoms with Crippen molar-refractivity contribution in [3.8, 4) is 0 Å². The third-order valence-corrected chi connectivity index (χ3v) is 5.24. The number of carbonyl (C=O) groups is 1. The van der Waals surface area contributed by atoms with Crippen molar-refractivity contribution in [1.82, 2.24) is 0 Å². The van der Waals surface area contributed by atoms with Crippen molar-refractivity contribution in [2.75, 3.05) is 5.75 Å². The van der Waals surface area contributed by atoms with E-state index in [1.165, 1.54) is 0 Å².